The number of ether oxygens (including phenoxy) is 1. The molecule has 0 spiro atoms. The molecule has 5 nitrogen and oxygen atoms in total. The molecular formula is C15H23N3O2. The first-order valence-electron chi connectivity index (χ1n) is 7.03. The van der Waals surface area contributed by atoms with Crippen LogP contribution >= 0.6 is 0 Å². The summed E-state index contributed by atoms with van der Waals surface area (Å²) < 4.78 is 5.35. The van der Waals surface area contributed by atoms with Crippen molar-refractivity contribution in [2.75, 3.05) is 37.6 Å². The van der Waals surface area contributed by atoms with E-state index in [0.29, 0.717) is 6.54 Å². The predicted octanol–water partition coefficient (Wildman–Crippen LogP) is 1.55. The van der Waals surface area contributed by atoms with Crippen LogP contribution in [0.3, 0.4) is 0 Å². The smallest absolute Gasteiger partial charge is 0.320 e. The summed E-state index contributed by atoms with van der Waals surface area (Å²) in [4.78, 5) is 20.3. The van der Waals surface area contributed by atoms with Gasteiger partial charge in [-0.05, 0) is 32.9 Å². The van der Waals surface area contributed by atoms with Crippen molar-refractivity contribution in [3.63, 3.8) is 0 Å². The molecule has 0 N–H and O–H groups in total. The highest BCUT2D eigenvalue weighted by Gasteiger charge is 2.22. The number of hydrogen-bond acceptors (Lipinski definition) is 5. The average molecular weight is 277 g/mol. The third-order valence-electron chi connectivity index (χ3n) is 3.17. The van der Waals surface area contributed by atoms with Gasteiger partial charge in [-0.2, -0.15) is 0 Å². The third-order valence-corrected chi connectivity index (χ3v) is 3.17. The van der Waals surface area contributed by atoms with Crippen molar-refractivity contribution in [2.45, 2.75) is 26.4 Å². The number of carbonyl (C=O) groups is 1. The average Bonchev–Trinajstić information content (AvgIpc) is 2.38. The molecule has 2 heterocycles. The largest absolute Gasteiger partial charge is 0.459 e. The van der Waals surface area contributed by atoms with Gasteiger partial charge in [0.1, 0.15) is 5.60 Å². The quantitative estimate of drug-likeness (QED) is 0.784. The van der Waals surface area contributed by atoms with Crippen LogP contribution in [0.25, 0.3) is 0 Å². The number of hydrogen-bond donors (Lipinski definition) is 0. The molecule has 5 heteroatoms. The lowest BCUT2D eigenvalue weighted by Crippen LogP contribution is -2.48. The summed E-state index contributed by atoms with van der Waals surface area (Å²) in [5, 5.41) is 0. The van der Waals surface area contributed by atoms with Crippen LogP contribution in [0.2, 0.25) is 0 Å². The highest BCUT2D eigenvalue weighted by atomic mass is 16.6. The highest BCUT2D eigenvalue weighted by molar-refractivity contribution is 5.72. The van der Waals surface area contributed by atoms with Crippen molar-refractivity contribution < 1.29 is 9.53 Å². The number of pyridine rings is 1. The first-order valence-corrected chi connectivity index (χ1v) is 7.03. The fourth-order valence-electron chi connectivity index (χ4n) is 2.28. The van der Waals surface area contributed by atoms with Gasteiger partial charge in [0.05, 0.1) is 6.54 Å². The van der Waals surface area contributed by atoms with Crippen molar-refractivity contribution in [1.29, 1.82) is 0 Å². The predicted molar refractivity (Wildman–Crippen MR) is 78.7 cm³/mol. The SMILES string of the molecule is CC(C)(C)OC(=O)CN1CCN(c2ccncc2)CC1. The lowest BCUT2D eigenvalue weighted by atomic mass is 10.2. The molecule has 0 amide bonds. The maximum absolute atomic E-state index is 11.8. The van der Waals surface area contributed by atoms with E-state index in [1.54, 1.807) is 0 Å². The van der Waals surface area contributed by atoms with E-state index < -0.39 is 5.60 Å². The number of esters is 1. The first-order chi connectivity index (χ1) is 9.44. The van der Waals surface area contributed by atoms with Gasteiger partial charge in [-0.25, -0.2) is 0 Å². The molecule has 0 radical (unpaired) electrons. The zero-order valence-electron chi connectivity index (χ0n) is 12.5. The van der Waals surface area contributed by atoms with Gasteiger partial charge in [-0.15, -0.1) is 0 Å². The minimum absolute atomic E-state index is 0.144. The standard InChI is InChI=1S/C15H23N3O2/c1-15(2,3)20-14(19)12-17-8-10-18(11-9-17)13-4-6-16-7-5-13/h4-7H,8-12H2,1-3H3. The fourth-order valence-corrected chi connectivity index (χ4v) is 2.28. The molecule has 2 rings (SSSR count). The van der Waals surface area contributed by atoms with Gasteiger partial charge >= 0.3 is 5.97 Å². The zero-order valence-corrected chi connectivity index (χ0v) is 12.5. The Kier molecular flexibility index (Phi) is 4.60. The summed E-state index contributed by atoms with van der Waals surface area (Å²) in [5.74, 6) is -0.144. The minimum Gasteiger partial charge on any atom is -0.459 e. The van der Waals surface area contributed by atoms with E-state index in [9.17, 15) is 4.79 Å². The zero-order chi connectivity index (χ0) is 14.6. The van der Waals surface area contributed by atoms with Gasteiger partial charge < -0.3 is 9.64 Å². The van der Waals surface area contributed by atoms with Crippen molar-refractivity contribution in [3.8, 4) is 0 Å². The number of piperazine rings is 1. The van der Waals surface area contributed by atoms with Crippen molar-refractivity contribution >= 4 is 11.7 Å². The van der Waals surface area contributed by atoms with Gasteiger partial charge in [0.25, 0.3) is 0 Å². The molecule has 0 aliphatic carbocycles. The summed E-state index contributed by atoms with van der Waals surface area (Å²) >= 11 is 0. The highest BCUT2D eigenvalue weighted by Crippen LogP contribution is 2.15. The Morgan fingerprint density at radius 3 is 2.35 bits per heavy atom. The molecule has 0 saturated carbocycles. The van der Waals surface area contributed by atoms with Crippen LogP contribution < -0.4 is 4.90 Å². The van der Waals surface area contributed by atoms with Crippen LogP contribution in [0.4, 0.5) is 5.69 Å². The number of rotatable bonds is 3. The van der Waals surface area contributed by atoms with Crippen LogP contribution in [0.1, 0.15) is 20.8 Å². The molecule has 1 saturated heterocycles. The van der Waals surface area contributed by atoms with Crippen LogP contribution in [0, 0.1) is 0 Å². The van der Waals surface area contributed by atoms with E-state index in [4.69, 9.17) is 4.74 Å². The maximum atomic E-state index is 11.8. The van der Waals surface area contributed by atoms with Crippen molar-refractivity contribution in [3.05, 3.63) is 24.5 Å². The molecule has 0 aromatic carbocycles. The van der Waals surface area contributed by atoms with E-state index in [0.717, 1.165) is 26.2 Å². The Labute approximate surface area is 120 Å². The van der Waals surface area contributed by atoms with E-state index in [1.165, 1.54) is 5.69 Å². The lowest BCUT2D eigenvalue weighted by molar-refractivity contribution is -0.156. The van der Waals surface area contributed by atoms with Crippen LogP contribution in [0.15, 0.2) is 24.5 Å². The summed E-state index contributed by atoms with van der Waals surface area (Å²) in [6.45, 7) is 9.66. The fraction of sp³-hybridized carbons (Fsp3) is 0.600. The second kappa shape index (κ2) is 6.22. The van der Waals surface area contributed by atoms with Gasteiger partial charge in [0.2, 0.25) is 0 Å². The summed E-state index contributed by atoms with van der Waals surface area (Å²) in [6, 6.07) is 4.03. The number of carbonyl (C=O) groups excluding carboxylic acids is 1. The molecule has 0 bridgehead atoms. The van der Waals surface area contributed by atoms with E-state index >= 15 is 0 Å². The lowest BCUT2D eigenvalue weighted by Gasteiger charge is -2.35. The summed E-state index contributed by atoms with van der Waals surface area (Å²) in [7, 11) is 0. The monoisotopic (exact) mass is 277 g/mol. The second-order valence-electron chi connectivity index (χ2n) is 6.06. The van der Waals surface area contributed by atoms with Crippen LogP contribution in [-0.4, -0.2) is 54.2 Å². The Morgan fingerprint density at radius 1 is 1.20 bits per heavy atom. The number of anilines is 1. The first kappa shape index (κ1) is 14.8. The summed E-state index contributed by atoms with van der Waals surface area (Å²) in [6.07, 6.45) is 3.62. The molecule has 1 aromatic heterocycles. The Hall–Kier alpha value is -1.62. The summed E-state index contributed by atoms with van der Waals surface area (Å²) in [5.41, 5.74) is 0.785. The van der Waals surface area contributed by atoms with Crippen LogP contribution in [-0.2, 0) is 9.53 Å². The molecule has 20 heavy (non-hydrogen) atoms. The number of nitrogens with zero attached hydrogens (tertiary/aromatic N) is 3. The van der Waals surface area contributed by atoms with Crippen molar-refractivity contribution in [2.24, 2.45) is 0 Å². The molecular weight excluding hydrogens is 254 g/mol. The van der Waals surface area contributed by atoms with Gasteiger partial charge in [0.15, 0.2) is 0 Å². The molecule has 1 aromatic rings. The molecule has 0 atom stereocenters. The molecule has 1 fully saturated rings. The van der Waals surface area contributed by atoms with E-state index in [-0.39, 0.29) is 5.97 Å². The van der Waals surface area contributed by atoms with E-state index in [1.807, 2.05) is 45.3 Å². The molecule has 1 aliphatic rings. The number of aromatic nitrogens is 1. The van der Waals surface area contributed by atoms with Gasteiger partial charge in [0, 0.05) is 44.3 Å². The maximum Gasteiger partial charge on any atom is 0.320 e. The molecule has 1 aliphatic heterocycles. The van der Waals surface area contributed by atoms with Gasteiger partial charge in [-0.1, -0.05) is 0 Å². The van der Waals surface area contributed by atoms with Crippen molar-refractivity contribution in [1.82, 2.24) is 9.88 Å². The molecule has 0 unspecified atom stereocenters. The Bertz CT molecular complexity index is 434. The topological polar surface area (TPSA) is 45.7 Å². The molecule has 110 valence electrons. The normalized spacial score (nSPS) is 17.1. The third kappa shape index (κ3) is 4.49. The van der Waals surface area contributed by atoms with E-state index in [2.05, 4.69) is 14.8 Å². The second-order valence-corrected chi connectivity index (χ2v) is 6.06. The van der Waals surface area contributed by atoms with Gasteiger partial charge in [-0.3, -0.25) is 14.7 Å². The van der Waals surface area contributed by atoms with Crippen LogP contribution in [0.5, 0.6) is 0 Å². The minimum atomic E-state index is -0.407. The Balaban J connectivity index is 1.79. The Morgan fingerprint density at radius 2 is 1.80 bits per heavy atom.